The predicted octanol–water partition coefficient (Wildman–Crippen LogP) is 2.48. The lowest BCUT2D eigenvalue weighted by Crippen LogP contribution is -2.44. The molecule has 1 saturated heterocycles. The van der Waals surface area contributed by atoms with Crippen LogP contribution in [0.15, 0.2) is 30.6 Å². The minimum atomic E-state index is -0.395. The Kier molecular flexibility index (Phi) is 4.89. The summed E-state index contributed by atoms with van der Waals surface area (Å²) in [6, 6.07) is 6.42. The molecule has 1 aromatic carbocycles. The molecule has 0 saturated carbocycles. The number of piperidine rings is 1. The number of ether oxygens (including phenoxy) is 1. The fraction of sp³-hybridized carbons (Fsp3) is 0.333. The Balaban J connectivity index is 1.71. The molecule has 1 aromatic heterocycles. The van der Waals surface area contributed by atoms with Crippen molar-refractivity contribution in [3.8, 4) is 11.9 Å². The van der Waals surface area contributed by atoms with Gasteiger partial charge in [-0.1, -0.05) is 6.07 Å². The molecule has 2 heterocycles. The Labute approximate surface area is 144 Å². The highest BCUT2D eigenvalue weighted by molar-refractivity contribution is 5.94. The number of amides is 1. The molecule has 1 unspecified atom stereocenters. The molecule has 25 heavy (non-hydrogen) atoms. The lowest BCUT2D eigenvalue weighted by molar-refractivity contribution is 0.0525. The zero-order valence-corrected chi connectivity index (χ0v) is 13.8. The van der Waals surface area contributed by atoms with E-state index in [1.165, 1.54) is 18.5 Å². The molecule has 2 aromatic rings. The van der Waals surface area contributed by atoms with Gasteiger partial charge in [0, 0.05) is 24.5 Å². The van der Waals surface area contributed by atoms with Gasteiger partial charge in [0.15, 0.2) is 0 Å². The standard InChI is InChI=1S/C18H17FN4O2/c1-12-4-5-13(9-15(12)19)18(24)23-8-2-3-14(11-23)25-17-16(10-20)21-6-7-22-17/h4-7,9,14H,2-3,8,11H2,1H3. The van der Waals surface area contributed by atoms with Crippen molar-refractivity contribution in [2.45, 2.75) is 25.9 Å². The molecular weight excluding hydrogens is 323 g/mol. The van der Waals surface area contributed by atoms with Gasteiger partial charge in [0.05, 0.1) is 6.54 Å². The number of aromatic nitrogens is 2. The van der Waals surface area contributed by atoms with Crippen molar-refractivity contribution in [3.63, 3.8) is 0 Å². The van der Waals surface area contributed by atoms with E-state index < -0.39 is 5.82 Å². The highest BCUT2D eigenvalue weighted by Gasteiger charge is 2.27. The zero-order chi connectivity index (χ0) is 17.8. The molecule has 0 spiro atoms. The van der Waals surface area contributed by atoms with Crippen LogP contribution in [-0.4, -0.2) is 40.0 Å². The summed E-state index contributed by atoms with van der Waals surface area (Å²) in [5.41, 5.74) is 0.940. The molecule has 1 aliphatic rings. The van der Waals surface area contributed by atoms with E-state index >= 15 is 0 Å². The minimum Gasteiger partial charge on any atom is -0.470 e. The summed E-state index contributed by atoms with van der Waals surface area (Å²) in [7, 11) is 0. The average molecular weight is 340 g/mol. The Morgan fingerprint density at radius 1 is 1.40 bits per heavy atom. The summed E-state index contributed by atoms with van der Waals surface area (Å²) in [5.74, 6) is -0.452. The molecule has 3 rings (SSSR count). The van der Waals surface area contributed by atoms with Crippen LogP contribution in [0, 0.1) is 24.1 Å². The third-order valence-corrected chi connectivity index (χ3v) is 4.13. The maximum Gasteiger partial charge on any atom is 0.254 e. The van der Waals surface area contributed by atoms with Crippen molar-refractivity contribution in [1.82, 2.24) is 14.9 Å². The normalized spacial score (nSPS) is 17.0. The van der Waals surface area contributed by atoms with Crippen LogP contribution in [0.1, 0.15) is 34.5 Å². The van der Waals surface area contributed by atoms with Crippen LogP contribution in [0.25, 0.3) is 0 Å². The first-order valence-electron chi connectivity index (χ1n) is 8.01. The number of aryl methyl sites for hydroxylation is 1. The lowest BCUT2D eigenvalue weighted by Gasteiger charge is -2.32. The van der Waals surface area contributed by atoms with E-state index in [1.807, 2.05) is 6.07 Å². The fourth-order valence-electron chi connectivity index (χ4n) is 2.77. The monoisotopic (exact) mass is 340 g/mol. The van der Waals surface area contributed by atoms with Gasteiger partial charge >= 0.3 is 0 Å². The van der Waals surface area contributed by atoms with E-state index in [1.54, 1.807) is 24.0 Å². The third-order valence-electron chi connectivity index (χ3n) is 4.13. The summed E-state index contributed by atoms with van der Waals surface area (Å²) in [6.07, 6.45) is 4.10. The second kappa shape index (κ2) is 7.26. The number of likely N-dealkylation sites (tertiary alicyclic amines) is 1. The fourth-order valence-corrected chi connectivity index (χ4v) is 2.77. The molecule has 6 nitrogen and oxygen atoms in total. The summed E-state index contributed by atoms with van der Waals surface area (Å²) in [4.78, 5) is 22.2. The summed E-state index contributed by atoms with van der Waals surface area (Å²) >= 11 is 0. The number of benzene rings is 1. The Morgan fingerprint density at radius 2 is 2.20 bits per heavy atom. The van der Waals surface area contributed by atoms with Crippen molar-refractivity contribution in [2.75, 3.05) is 13.1 Å². The second-order valence-electron chi connectivity index (χ2n) is 5.92. The molecule has 1 atom stereocenters. The van der Waals surface area contributed by atoms with E-state index in [9.17, 15) is 9.18 Å². The number of rotatable bonds is 3. The first-order valence-corrected chi connectivity index (χ1v) is 8.01. The number of hydrogen-bond acceptors (Lipinski definition) is 5. The smallest absolute Gasteiger partial charge is 0.254 e. The second-order valence-corrected chi connectivity index (χ2v) is 5.92. The van der Waals surface area contributed by atoms with E-state index in [-0.39, 0.29) is 23.6 Å². The van der Waals surface area contributed by atoms with Crippen LogP contribution in [0.3, 0.4) is 0 Å². The average Bonchev–Trinajstić information content (AvgIpc) is 2.64. The van der Waals surface area contributed by atoms with Crippen molar-refractivity contribution in [3.05, 3.63) is 53.2 Å². The number of halogens is 1. The molecule has 1 fully saturated rings. The topological polar surface area (TPSA) is 79.1 Å². The summed E-state index contributed by atoms with van der Waals surface area (Å²) in [6.45, 7) is 2.59. The molecule has 1 amide bonds. The SMILES string of the molecule is Cc1ccc(C(=O)N2CCCC(Oc3nccnc3C#N)C2)cc1F. The van der Waals surface area contributed by atoms with Gasteiger partial charge in [-0.25, -0.2) is 14.4 Å². The van der Waals surface area contributed by atoms with Gasteiger partial charge in [-0.2, -0.15) is 5.26 Å². The van der Waals surface area contributed by atoms with Gasteiger partial charge in [-0.3, -0.25) is 4.79 Å². The predicted molar refractivity (Wildman–Crippen MR) is 87.4 cm³/mol. The van der Waals surface area contributed by atoms with Crippen LogP contribution in [0.4, 0.5) is 4.39 Å². The summed E-state index contributed by atoms with van der Waals surface area (Å²) in [5, 5.41) is 9.05. The highest BCUT2D eigenvalue weighted by atomic mass is 19.1. The Morgan fingerprint density at radius 3 is 2.96 bits per heavy atom. The molecule has 0 bridgehead atoms. The van der Waals surface area contributed by atoms with Crippen molar-refractivity contribution >= 4 is 5.91 Å². The Bertz CT molecular complexity index is 834. The molecule has 128 valence electrons. The quantitative estimate of drug-likeness (QED) is 0.858. The van der Waals surface area contributed by atoms with Crippen LogP contribution >= 0.6 is 0 Å². The third kappa shape index (κ3) is 3.74. The number of nitriles is 1. The number of hydrogen-bond donors (Lipinski definition) is 0. The van der Waals surface area contributed by atoms with Gasteiger partial charge < -0.3 is 9.64 Å². The lowest BCUT2D eigenvalue weighted by atomic mass is 10.1. The summed E-state index contributed by atoms with van der Waals surface area (Å²) < 4.78 is 19.5. The number of carbonyl (C=O) groups excluding carboxylic acids is 1. The van der Waals surface area contributed by atoms with E-state index in [2.05, 4.69) is 9.97 Å². The van der Waals surface area contributed by atoms with Crippen LogP contribution in [-0.2, 0) is 0 Å². The van der Waals surface area contributed by atoms with Crippen molar-refractivity contribution in [2.24, 2.45) is 0 Å². The van der Waals surface area contributed by atoms with Crippen LogP contribution in [0.5, 0.6) is 5.88 Å². The van der Waals surface area contributed by atoms with E-state index in [0.717, 1.165) is 12.8 Å². The zero-order valence-electron chi connectivity index (χ0n) is 13.8. The first kappa shape index (κ1) is 16.8. The molecule has 1 aliphatic heterocycles. The van der Waals surface area contributed by atoms with Gasteiger partial charge in [0.25, 0.3) is 11.8 Å². The number of carbonyl (C=O) groups is 1. The van der Waals surface area contributed by atoms with Gasteiger partial charge in [-0.15, -0.1) is 0 Å². The molecule has 7 heteroatoms. The van der Waals surface area contributed by atoms with Crippen LogP contribution in [0.2, 0.25) is 0 Å². The molecule has 0 N–H and O–H groups in total. The largest absolute Gasteiger partial charge is 0.470 e. The minimum absolute atomic E-state index is 0.117. The Hall–Kier alpha value is -3.01. The van der Waals surface area contributed by atoms with E-state index in [0.29, 0.717) is 24.2 Å². The molecular formula is C18H17FN4O2. The first-order chi connectivity index (χ1) is 12.1. The van der Waals surface area contributed by atoms with Crippen LogP contribution < -0.4 is 4.74 Å². The van der Waals surface area contributed by atoms with E-state index in [4.69, 9.17) is 10.00 Å². The van der Waals surface area contributed by atoms with Gasteiger partial charge in [0.1, 0.15) is 18.0 Å². The van der Waals surface area contributed by atoms with Gasteiger partial charge in [0.2, 0.25) is 5.69 Å². The van der Waals surface area contributed by atoms with Crippen molar-refractivity contribution in [1.29, 1.82) is 5.26 Å². The molecule has 0 radical (unpaired) electrons. The maximum absolute atomic E-state index is 13.7. The number of nitrogens with zero attached hydrogens (tertiary/aromatic N) is 4. The highest BCUT2D eigenvalue weighted by Crippen LogP contribution is 2.20. The van der Waals surface area contributed by atoms with Gasteiger partial charge in [-0.05, 0) is 37.5 Å². The molecule has 0 aliphatic carbocycles. The maximum atomic E-state index is 13.7. The van der Waals surface area contributed by atoms with Crippen molar-refractivity contribution < 1.29 is 13.9 Å².